The van der Waals surface area contributed by atoms with Crippen molar-refractivity contribution in [3.8, 4) is 0 Å². The topological polar surface area (TPSA) is 49.4 Å². The Morgan fingerprint density at radius 3 is 2.48 bits per heavy atom. The first kappa shape index (κ1) is 16.6. The van der Waals surface area contributed by atoms with Crippen molar-refractivity contribution in [1.82, 2.24) is 10.2 Å². The number of rotatable bonds is 2. The van der Waals surface area contributed by atoms with Crippen molar-refractivity contribution in [3.63, 3.8) is 0 Å². The smallest absolute Gasteiger partial charge is 0.254 e. The van der Waals surface area contributed by atoms with Gasteiger partial charge in [0.2, 0.25) is 5.91 Å². The van der Waals surface area contributed by atoms with Crippen LogP contribution in [-0.2, 0) is 4.79 Å². The van der Waals surface area contributed by atoms with E-state index in [0.717, 1.165) is 49.8 Å². The number of benzene rings is 1. The van der Waals surface area contributed by atoms with Crippen LogP contribution in [0.15, 0.2) is 24.3 Å². The Morgan fingerprint density at radius 1 is 0.960 bits per heavy atom. The van der Waals surface area contributed by atoms with Gasteiger partial charge in [0.25, 0.3) is 5.91 Å². The van der Waals surface area contributed by atoms with Crippen LogP contribution >= 0.6 is 0 Å². The number of amides is 2. The van der Waals surface area contributed by atoms with Gasteiger partial charge in [-0.2, -0.15) is 0 Å². The third-order valence-corrected chi connectivity index (χ3v) is 6.21. The molecule has 3 aliphatic rings. The van der Waals surface area contributed by atoms with Gasteiger partial charge in [0.1, 0.15) is 0 Å². The van der Waals surface area contributed by atoms with Gasteiger partial charge in [-0.15, -0.1) is 0 Å². The Hall–Kier alpha value is -1.84. The molecule has 0 spiro atoms. The van der Waals surface area contributed by atoms with E-state index in [1.807, 2.05) is 29.2 Å². The van der Waals surface area contributed by atoms with Gasteiger partial charge in [-0.3, -0.25) is 9.59 Å². The van der Waals surface area contributed by atoms with E-state index in [1.165, 1.54) is 25.7 Å². The first-order chi connectivity index (χ1) is 12.3. The lowest BCUT2D eigenvalue weighted by atomic mass is 9.78. The zero-order chi connectivity index (χ0) is 17.2. The molecule has 0 aromatic heterocycles. The molecule has 1 aromatic carbocycles. The van der Waals surface area contributed by atoms with E-state index >= 15 is 0 Å². The van der Waals surface area contributed by atoms with Crippen LogP contribution < -0.4 is 5.32 Å². The van der Waals surface area contributed by atoms with Gasteiger partial charge in [0.15, 0.2) is 0 Å². The highest BCUT2D eigenvalue weighted by Crippen LogP contribution is 2.38. The second kappa shape index (κ2) is 7.19. The van der Waals surface area contributed by atoms with Crippen LogP contribution in [0, 0.1) is 0 Å². The summed E-state index contributed by atoms with van der Waals surface area (Å²) in [4.78, 5) is 28.1. The van der Waals surface area contributed by atoms with Crippen LogP contribution in [0.2, 0.25) is 0 Å². The van der Waals surface area contributed by atoms with Gasteiger partial charge in [0.05, 0.1) is 5.92 Å². The van der Waals surface area contributed by atoms with Crippen LogP contribution in [0.4, 0.5) is 0 Å². The van der Waals surface area contributed by atoms with Gasteiger partial charge in [-0.1, -0.05) is 43.9 Å². The lowest BCUT2D eigenvalue weighted by Crippen LogP contribution is -2.55. The van der Waals surface area contributed by atoms with Gasteiger partial charge < -0.3 is 10.2 Å². The van der Waals surface area contributed by atoms with Gasteiger partial charge >= 0.3 is 0 Å². The average Bonchev–Trinajstić information content (AvgIpc) is 2.91. The summed E-state index contributed by atoms with van der Waals surface area (Å²) in [5.41, 5.74) is 1.66. The largest absolute Gasteiger partial charge is 0.353 e. The minimum atomic E-state index is -0.211. The molecule has 2 atom stereocenters. The summed E-state index contributed by atoms with van der Waals surface area (Å²) in [5.74, 6) is 0.0278. The lowest BCUT2D eigenvalue weighted by Gasteiger charge is -2.44. The van der Waals surface area contributed by atoms with Crippen LogP contribution in [0.3, 0.4) is 0 Å². The molecule has 4 heteroatoms. The molecule has 1 aliphatic carbocycles. The molecule has 4 nitrogen and oxygen atoms in total. The molecule has 4 rings (SSSR count). The molecule has 1 aromatic rings. The van der Waals surface area contributed by atoms with Crippen LogP contribution in [0.5, 0.6) is 0 Å². The van der Waals surface area contributed by atoms with E-state index in [1.54, 1.807) is 0 Å². The Morgan fingerprint density at radius 2 is 1.68 bits per heavy atom. The van der Waals surface area contributed by atoms with Gasteiger partial charge in [0, 0.05) is 24.2 Å². The molecule has 2 unspecified atom stereocenters. The van der Waals surface area contributed by atoms with Crippen molar-refractivity contribution in [1.29, 1.82) is 0 Å². The van der Waals surface area contributed by atoms with Gasteiger partial charge in [-0.05, 0) is 43.7 Å². The molecule has 134 valence electrons. The molecule has 0 bridgehead atoms. The quantitative estimate of drug-likeness (QED) is 0.836. The summed E-state index contributed by atoms with van der Waals surface area (Å²) in [6, 6.07) is 8.06. The number of carbonyl (C=O) groups excluding carboxylic acids is 2. The molecule has 1 N–H and O–H groups in total. The first-order valence-electron chi connectivity index (χ1n) is 9.96. The summed E-state index contributed by atoms with van der Waals surface area (Å²) in [6.45, 7) is 0.783. The highest BCUT2D eigenvalue weighted by Gasteiger charge is 2.44. The standard InChI is InChI=1S/C21H28N2O2/c24-20(22-15-9-3-1-2-4-10-15)19-16-11-5-6-12-17(16)21(25)23-14-8-7-13-18(19)23/h5-6,11-12,15,18-19H,1-4,7-10,13-14H2,(H,22,24). The fraction of sp³-hybridized carbons (Fsp3) is 0.619. The van der Waals surface area contributed by atoms with Crippen molar-refractivity contribution in [2.45, 2.75) is 75.8 Å². The monoisotopic (exact) mass is 340 g/mol. The molecule has 0 radical (unpaired) electrons. The van der Waals surface area contributed by atoms with Crippen LogP contribution in [-0.4, -0.2) is 35.3 Å². The summed E-state index contributed by atoms with van der Waals surface area (Å²) < 4.78 is 0. The number of hydrogen-bond donors (Lipinski definition) is 1. The maximum absolute atomic E-state index is 13.3. The molecular formula is C21H28N2O2. The fourth-order valence-electron chi connectivity index (χ4n) is 4.91. The number of carbonyl (C=O) groups is 2. The predicted octanol–water partition coefficient (Wildman–Crippen LogP) is 3.62. The number of nitrogens with zero attached hydrogens (tertiary/aromatic N) is 1. The summed E-state index contributed by atoms with van der Waals surface area (Å²) in [6.07, 6.45) is 10.2. The Bertz CT molecular complexity index is 649. The third-order valence-electron chi connectivity index (χ3n) is 6.21. The van der Waals surface area contributed by atoms with E-state index in [-0.39, 0.29) is 23.8 Å². The molecular weight excluding hydrogens is 312 g/mol. The molecule has 2 fully saturated rings. The van der Waals surface area contributed by atoms with Crippen molar-refractivity contribution < 1.29 is 9.59 Å². The van der Waals surface area contributed by atoms with E-state index in [2.05, 4.69) is 5.32 Å². The SMILES string of the molecule is O=C(NC1CCCCCC1)C1c2ccccc2C(=O)N2CCCCC12. The molecule has 25 heavy (non-hydrogen) atoms. The average molecular weight is 340 g/mol. The van der Waals surface area contributed by atoms with Crippen molar-refractivity contribution in [3.05, 3.63) is 35.4 Å². The number of fused-ring (bicyclic) bond motifs is 2. The predicted molar refractivity (Wildman–Crippen MR) is 97.5 cm³/mol. The molecule has 1 saturated carbocycles. The van der Waals surface area contributed by atoms with Crippen molar-refractivity contribution in [2.24, 2.45) is 0 Å². The molecule has 2 aliphatic heterocycles. The molecule has 1 saturated heterocycles. The Balaban J connectivity index is 1.62. The van der Waals surface area contributed by atoms with Crippen LogP contribution in [0.25, 0.3) is 0 Å². The third kappa shape index (κ3) is 3.19. The summed E-state index contributed by atoms with van der Waals surface area (Å²) in [5, 5.41) is 3.34. The number of piperidine rings is 1. The number of hydrogen-bond acceptors (Lipinski definition) is 2. The van der Waals surface area contributed by atoms with E-state index in [4.69, 9.17) is 0 Å². The highest BCUT2D eigenvalue weighted by atomic mass is 16.2. The normalized spacial score (nSPS) is 27.2. The van der Waals surface area contributed by atoms with Crippen LogP contribution in [0.1, 0.15) is 79.6 Å². The second-order valence-electron chi connectivity index (χ2n) is 7.82. The van der Waals surface area contributed by atoms with Gasteiger partial charge in [-0.25, -0.2) is 0 Å². The highest BCUT2D eigenvalue weighted by molar-refractivity contribution is 6.01. The Labute approximate surface area is 150 Å². The maximum Gasteiger partial charge on any atom is 0.254 e. The number of nitrogens with one attached hydrogen (secondary N) is 1. The van der Waals surface area contributed by atoms with E-state index in [9.17, 15) is 9.59 Å². The molecule has 2 amide bonds. The molecule has 2 heterocycles. The van der Waals surface area contributed by atoms with Crippen molar-refractivity contribution in [2.75, 3.05) is 6.54 Å². The summed E-state index contributed by atoms with van der Waals surface area (Å²) >= 11 is 0. The summed E-state index contributed by atoms with van der Waals surface area (Å²) in [7, 11) is 0. The maximum atomic E-state index is 13.3. The zero-order valence-corrected chi connectivity index (χ0v) is 14.9. The minimum Gasteiger partial charge on any atom is -0.353 e. The lowest BCUT2D eigenvalue weighted by molar-refractivity contribution is -0.125. The van der Waals surface area contributed by atoms with E-state index in [0.29, 0.717) is 6.04 Å². The van der Waals surface area contributed by atoms with Crippen molar-refractivity contribution >= 4 is 11.8 Å². The second-order valence-corrected chi connectivity index (χ2v) is 7.82. The van der Waals surface area contributed by atoms with E-state index < -0.39 is 0 Å². The first-order valence-corrected chi connectivity index (χ1v) is 9.96. The zero-order valence-electron chi connectivity index (χ0n) is 14.9. The Kier molecular flexibility index (Phi) is 4.78. The fourth-order valence-corrected chi connectivity index (χ4v) is 4.91. The minimum absolute atomic E-state index is 0.0296.